The number of nitrogens with one attached hydrogen (secondary N) is 1. The van der Waals surface area contributed by atoms with Crippen LogP contribution in [-0.4, -0.2) is 11.7 Å². The Morgan fingerprint density at radius 1 is 1.00 bits per heavy atom. The normalized spacial score (nSPS) is 11.9. The third-order valence-electron chi connectivity index (χ3n) is 3.62. The van der Waals surface area contributed by atoms with Gasteiger partial charge in [-0.25, -0.2) is 5.84 Å². The van der Waals surface area contributed by atoms with E-state index in [1.54, 1.807) is 0 Å². The van der Waals surface area contributed by atoms with Gasteiger partial charge >= 0.3 is 0 Å². The van der Waals surface area contributed by atoms with Crippen LogP contribution in [-0.2, 0) is 11.2 Å². The van der Waals surface area contributed by atoms with Crippen molar-refractivity contribution < 1.29 is 9.59 Å². The number of nitrogens with two attached hydrogens (primary N) is 1. The summed E-state index contributed by atoms with van der Waals surface area (Å²) in [6, 6.07) is 13.2. The molecule has 20 heavy (non-hydrogen) atoms. The molecule has 0 spiro atoms. The van der Waals surface area contributed by atoms with Gasteiger partial charge in [0, 0.05) is 17.5 Å². The van der Waals surface area contributed by atoms with Crippen molar-refractivity contribution in [2.24, 2.45) is 5.84 Å². The summed E-state index contributed by atoms with van der Waals surface area (Å²) in [7, 11) is 0. The van der Waals surface area contributed by atoms with Crippen molar-refractivity contribution in [1.29, 1.82) is 0 Å². The standard InChI is InChI=1S/C16H14N2O2/c17-18-14(19)9-8-10-4-3-7-13-15(10)11-5-1-2-6-12(11)16(13)20/h1-7H,8-9,17H2,(H,18,19). The van der Waals surface area contributed by atoms with Gasteiger partial charge in [-0.1, -0.05) is 42.5 Å². The Bertz CT molecular complexity index is 707. The highest BCUT2D eigenvalue weighted by molar-refractivity contribution is 6.22. The molecule has 0 unspecified atom stereocenters. The Balaban J connectivity index is 2.05. The predicted octanol–water partition coefficient (Wildman–Crippen LogP) is 1.82. The number of ketones is 1. The molecule has 0 saturated carbocycles. The monoisotopic (exact) mass is 266 g/mol. The van der Waals surface area contributed by atoms with E-state index in [0.717, 1.165) is 27.8 Å². The smallest absolute Gasteiger partial charge is 0.234 e. The van der Waals surface area contributed by atoms with Gasteiger partial charge in [0.15, 0.2) is 5.78 Å². The van der Waals surface area contributed by atoms with Gasteiger partial charge < -0.3 is 0 Å². The average Bonchev–Trinajstić information content (AvgIpc) is 2.79. The number of amides is 1. The van der Waals surface area contributed by atoms with Crippen molar-refractivity contribution in [1.82, 2.24) is 5.43 Å². The highest BCUT2D eigenvalue weighted by Gasteiger charge is 2.27. The maximum absolute atomic E-state index is 12.3. The average molecular weight is 266 g/mol. The molecule has 0 aromatic heterocycles. The summed E-state index contributed by atoms with van der Waals surface area (Å²) < 4.78 is 0. The molecule has 0 atom stereocenters. The lowest BCUT2D eigenvalue weighted by Gasteiger charge is -2.08. The summed E-state index contributed by atoms with van der Waals surface area (Å²) >= 11 is 0. The number of hydrogen-bond donors (Lipinski definition) is 2. The first-order chi connectivity index (χ1) is 9.72. The van der Waals surface area contributed by atoms with Crippen LogP contribution in [0, 0.1) is 0 Å². The van der Waals surface area contributed by atoms with E-state index in [0.29, 0.717) is 12.8 Å². The molecule has 2 aromatic rings. The molecule has 0 heterocycles. The van der Waals surface area contributed by atoms with Crippen LogP contribution in [0.25, 0.3) is 11.1 Å². The van der Waals surface area contributed by atoms with Crippen LogP contribution >= 0.6 is 0 Å². The van der Waals surface area contributed by atoms with E-state index < -0.39 is 0 Å². The fourth-order valence-electron chi connectivity index (χ4n) is 2.68. The number of rotatable bonds is 3. The van der Waals surface area contributed by atoms with Crippen molar-refractivity contribution in [2.45, 2.75) is 12.8 Å². The molecule has 1 amide bonds. The van der Waals surface area contributed by atoms with Gasteiger partial charge in [-0.15, -0.1) is 0 Å². The highest BCUT2D eigenvalue weighted by atomic mass is 16.2. The first kappa shape index (κ1) is 12.6. The predicted molar refractivity (Wildman–Crippen MR) is 76.0 cm³/mol. The number of carbonyl (C=O) groups is 2. The van der Waals surface area contributed by atoms with Gasteiger partial charge in [-0.3, -0.25) is 15.0 Å². The van der Waals surface area contributed by atoms with Crippen molar-refractivity contribution in [3.05, 3.63) is 59.2 Å². The Kier molecular flexibility index (Phi) is 3.08. The molecule has 2 aromatic carbocycles. The minimum atomic E-state index is -0.208. The van der Waals surface area contributed by atoms with Gasteiger partial charge in [-0.2, -0.15) is 0 Å². The molecule has 0 fully saturated rings. The molecule has 4 nitrogen and oxygen atoms in total. The SMILES string of the molecule is NNC(=O)CCc1cccc2c1-c1ccccc1C2=O. The molecule has 1 aliphatic carbocycles. The summed E-state index contributed by atoms with van der Waals surface area (Å²) in [5.41, 5.74) is 6.49. The van der Waals surface area contributed by atoms with Crippen LogP contribution in [0.5, 0.6) is 0 Å². The summed E-state index contributed by atoms with van der Waals surface area (Å²) in [6.07, 6.45) is 0.872. The molecule has 0 radical (unpaired) electrons. The van der Waals surface area contributed by atoms with E-state index in [-0.39, 0.29) is 11.7 Å². The Hall–Kier alpha value is -2.46. The third-order valence-corrected chi connectivity index (χ3v) is 3.62. The van der Waals surface area contributed by atoms with E-state index in [1.165, 1.54) is 0 Å². The zero-order chi connectivity index (χ0) is 14.1. The van der Waals surface area contributed by atoms with Gasteiger partial charge in [0.05, 0.1) is 0 Å². The van der Waals surface area contributed by atoms with E-state index in [2.05, 4.69) is 5.43 Å². The van der Waals surface area contributed by atoms with Crippen LogP contribution in [0.1, 0.15) is 27.9 Å². The number of fused-ring (bicyclic) bond motifs is 3. The summed E-state index contributed by atoms with van der Waals surface area (Å²) in [5, 5.41) is 0. The van der Waals surface area contributed by atoms with E-state index >= 15 is 0 Å². The maximum atomic E-state index is 12.3. The first-order valence-corrected chi connectivity index (χ1v) is 6.48. The quantitative estimate of drug-likeness (QED) is 0.431. The first-order valence-electron chi connectivity index (χ1n) is 6.48. The number of aryl methyl sites for hydroxylation is 1. The van der Waals surface area contributed by atoms with Crippen molar-refractivity contribution in [3.8, 4) is 11.1 Å². The number of hydrazine groups is 1. The Morgan fingerprint density at radius 2 is 1.70 bits per heavy atom. The second-order valence-corrected chi connectivity index (χ2v) is 4.78. The van der Waals surface area contributed by atoms with Crippen molar-refractivity contribution in [3.63, 3.8) is 0 Å². The molecule has 0 bridgehead atoms. The molecule has 3 rings (SSSR count). The zero-order valence-corrected chi connectivity index (χ0v) is 10.8. The van der Waals surface area contributed by atoms with Crippen LogP contribution in [0.2, 0.25) is 0 Å². The second kappa shape index (κ2) is 4.90. The topological polar surface area (TPSA) is 72.2 Å². The van der Waals surface area contributed by atoms with Crippen LogP contribution in [0.15, 0.2) is 42.5 Å². The lowest BCUT2D eigenvalue weighted by atomic mass is 9.96. The van der Waals surface area contributed by atoms with Crippen LogP contribution < -0.4 is 11.3 Å². The summed E-state index contributed by atoms with van der Waals surface area (Å²) in [5.74, 6) is 4.94. The van der Waals surface area contributed by atoms with E-state index in [4.69, 9.17) is 5.84 Å². The lowest BCUT2D eigenvalue weighted by molar-refractivity contribution is -0.121. The Morgan fingerprint density at radius 3 is 2.45 bits per heavy atom. The molecule has 0 saturated heterocycles. The van der Waals surface area contributed by atoms with Gasteiger partial charge in [0.25, 0.3) is 0 Å². The molecule has 0 aliphatic heterocycles. The molecule has 1 aliphatic rings. The number of carbonyl (C=O) groups excluding carboxylic acids is 2. The van der Waals surface area contributed by atoms with Gasteiger partial charge in [0.2, 0.25) is 5.91 Å². The maximum Gasteiger partial charge on any atom is 0.234 e. The van der Waals surface area contributed by atoms with Gasteiger partial charge in [0.1, 0.15) is 0 Å². The fraction of sp³-hybridized carbons (Fsp3) is 0.125. The van der Waals surface area contributed by atoms with Crippen molar-refractivity contribution in [2.75, 3.05) is 0 Å². The fourth-order valence-corrected chi connectivity index (χ4v) is 2.68. The molecule has 3 N–H and O–H groups in total. The van der Waals surface area contributed by atoms with E-state index in [1.807, 2.05) is 42.5 Å². The van der Waals surface area contributed by atoms with Crippen molar-refractivity contribution >= 4 is 11.7 Å². The minimum absolute atomic E-state index is 0.0562. The summed E-state index contributed by atoms with van der Waals surface area (Å²) in [4.78, 5) is 23.6. The number of hydrogen-bond acceptors (Lipinski definition) is 3. The Labute approximate surface area is 116 Å². The molecular formula is C16H14N2O2. The number of benzene rings is 2. The van der Waals surface area contributed by atoms with Crippen LogP contribution in [0.4, 0.5) is 0 Å². The minimum Gasteiger partial charge on any atom is -0.294 e. The lowest BCUT2D eigenvalue weighted by Crippen LogP contribution is -2.30. The molecule has 100 valence electrons. The largest absolute Gasteiger partial charge is 0.294 e. The zero-order valence-electron chi connectivity index (χ0n) is 10.8. The molecule has 4 heteroatoms. The second-order valence-electron chi connectivity index (χ2n) is 4.78. The molecular weight excluding hydrogens is 252 g/mol. The third kappa shape index (κ3) is 1.90. The summed E-state index contributed by atoms with van der Waals surface area (Å²) in [6.45, 7) is 0. The van der Waals surface area contributed by atoms with E-state index in [9.17, 15) is 9.59 Å². The van der Waals surface area contributed by atoms with Gasteiger partial charge in [-0.05, 0) is 23.1 Å². The van der Waals surface area contributed by atoms with Crippen LogP contribution in [0.3, 0.4) is 0 Å². The highest BCUT2D eigenvalue weighted by Crippen LogP contribution is 2.39.